The van der Waals surface area contributed by atoms with Crippen molar-refractivity contribution in [1.29, 1.82) is 0 Å². The molecule has 2 aliphatic carbocycles. The Morgan fingerprint density at radius 1 is 1.11 bits per heavy atom. The Kier molecular flexibility index (Phi) is 9.06. The quantitative estimate of drug-likeness (QED) is 0.237. The molecule has 0 spiro atoms. The Bertz CT molecular complexity index is 1170. The highest BCUT2D eigenvalue weighted by Crippen LogP contribution is 2.59. The van der Waals surface area contributed by atoms with Gasteiger partial charge in [-0.15, -0.1) is 6.58 Å². The summed E-state index contributed by atoms with van der Waals surface area (Å²) in [4.78, 5) is 0. The molecule has 0 saturated heterocycles. The third-order valence-electron chi connectivity index (χ3n) is 8.92. The largest absolute Gasteiger partial charge is 0.393 e. The van der Waals surface area contributed by atoms with Crippen LogP contribution in [0, 0.1) is 40.8 Å². The number of hydrogen-bond acceptors (Lipinski definition) is 2. The molecule has 0 bridgehead atoms. The van der Waals surface area contributed by atoms with Crippen LogP contribution in [0.15, 0.2) is 66.8 Å². The van der Waals surface area contributed by atoms with Gasteiger partial charge in [0.15, 0.2) is 0 Å². The average molecular weight is 500 g/mol. The summed E-state index contributed by atoms with van der Waals surface area (Å²) in [6.45, 7) is 12.0. The highest BCUT2D eigenvalue weighted by atomic mass is 19.1. The Morgan fingerprint density at radius 3 is 2.54 bits per heavy atom. The van der Waals surface area contributed by atoms with E-state index in [0.29, 0.717) is 17.4 Å². The number of fused-ring (bicyclic) bond motifs is 1. The smallest absolute Gasteiger partial charge is 0.124 e. The van der Waals surface area contributed by atoms with Crippen molar-refractivity contribution >= 4 is 6.08 Å². The van der Waals surface area contributed by atoms with Gasteiger partial charge >= 0.3 is 0 Å². The second-order valence-corrected chi connectivity index (χ2v) is 11.1. The molecule has 0 amide bonds. The predicted molar refractivity (Wildman–Crippen MR) is 152 cm³/mol. The minimum absolute atomic E-state index is 0.178. The zero-order valence-electron chi connectivity index (χ0n) is 22.6. The van der Waals surface area contributed by atoms with Gasteiger partial charge in [0.1, 0.15) is 5.82 Å². The number of aliphatic hydroxyl groups is 1. The van der Waals surface area contributed by atoms with E-state index in [1.165, 1.54) is 24.1 Å². The van der Waals surface area contributed by atoms with E-state index in [0.717, 1.165) is 49.8 Å². The Hall–Kier alpha value is -2.67. The van der Waals surface area contributed by atoms with E-state index in [1.807, 2.05) is 24.3 Å². The highest BCUT2D eigenvalue weighted by molar-refractivity contribution is 5.59. The molecule has 2 aromatic rings. The molecule has 2 fully saturated rings. The molecule has 0 aromatic heterocycles. The van der Waals surface area contributed by atoms with Crippen LogP contribution >= 0.6 is 0 Å². The van der Waals surface area contributed by atoms with E-state index in [-0.39, 0.29) is 29.3 Å². The van der Waals surface area contributed by atoms with Gasteiger partial charge in [-0.05, 0) is 91.5 Å². The number of rotatable bonds is 7. The number of aliphatic hydroxyl groups excluding tert-OH is 1. The lowest BCUT2D eigenvalue weighted by molar-refractivity contribution is -0.116. The highest BCUT2D eigenvalue weighted by Gasteiger charge is 2.57. The van der Waals surface area contributed by atoms with Crippen LogP contribution in [0.25, 0.3) is 6.08 Å². The van der Waals surface area contributed by atoms with Gasteiger partial charge in [-0.1, -0.05) is 75.8 Å². The molecule has 0 aliphatic heterocycles. The minimum atomic E-state index is -0.315. The van der Waals surface area contributed by atoms with E-state index < -0.39 is 0 Å². The monoisotopic (exact) mass is 499 g/mol. The van der Waals surface area contributed by atoms with E-state index in [9.17, 15) is 9.50 Å². The maximum absolute atomic E-state index is 13.6. The van der Waals surface area contributed by atoms with Crippen molar-refractivity contribution in [2.75, 3.05) is 6.54 Å². The molecule has 2 N–H and O–H groups in total. The van der Waals surface area contributed by atoms with Crippen LogP contribution in [0.3, 0.4) is 0 Å². The molecule has 2 saturated carbocycles. The van der Waals surface area contributed by atoms with Crippen LogP contribution in [0.4, 0.5) is 4.39 Å². The number of halogens is 1. The summed E-state index contributed by atoms with van der Waals surface area (Å²) in [5.41, 5.74) is 3.88. The lowest BCUT2D eigenvalue weighted by Gasteiger charge is -2.60. The van der Waals surface area contributed by atoms with Gasteiger partial charge in [-0.25, -0.2) is 4.39 Å². The van der Waals surface area contributed by atoms with Crippen molar-refractivity contribution in [2.24, 2.45) is 23.2 Å². The first-order valence-corrected chi connectivity index (χ1v) is 14.0. The van der Waals surface area contributed by atoms with Crippen molar-refractivity contribution < 1.29 is 9.50 Å². The maximum Gasteiger partial charge on any atom is 0.124 e. The van der Waals surface area contributed by atoms with Crippen molar-refractivity contribution in [2.45, 2.75) is 71.4 Å². The normalized spacial score (nSPS) is 30.3. The minimum Gasteiger partial charge on any atom is -0.393 e. The summed E-state index contributed by atoms with van der Waals surface area (Å²) < 4.78 is 13.6. The van der Waals surface area contributed by atoms with Crippen LogP contribution in [0.1, 0.15) is 76.0 Å². The van der Waals surface area contributed by atoms with Gasteiger partial charge in [-0.2, -0.15) is 0 Å². The van der Waals surface area contributed by atoms with Crippen LogP contribution in [-0.4, -0.2) is 23.8 Å². The number of unbranched alkanes of at least 4 members (excludes halogenated alkanes) is 1. The SMILES string of the molecule is C=CC[C@]12C(CCC[C@@H]1O)C(C)C(NCCCC)/C(=C/c1cccc(C#Cc3cccc(F)c3)c1)[C@@H]2C. The van der Waals surface area contributed by atoms with Gasteiger partial charge in [0.05, 0.1) is 6.10 Å². The first kappa shape index (κ1) is 27.4. The fourth-order valence-electron chi connectivity index (χ4n) is 7.07. The van der Waals surface area contributed by atoms with Crippen molar-refractivity contribution in [3.05, 3.63) is 89.3 Å². The summed E-state index contributed by atoms with van der Waals surface area (Å²) in [7, 11) is 0. The standard InChI is InChI=1S/C34H42FNO/c1-5-7-20-36-33-24(3)31-15-10-16-32(37)34(31,19-6-2)25(4)30(33)23-28-13-8-11-26(21-28)17-18-27-12-9-14-29(35)22-27/h6,8-9,11-14,21-25,31-33,36-37H,2,5,7,10,15-16,19-20H2,1,3-4H3/b30-23+/t24?,25-,31?,32-,33?,34-/m0/s1. The van der Waals surface area contributed by atoms with Gasteiger partial charge in [0.2, 0.25) is 0 Å². The second-order valence-electron chi connectivity index (χ2n) is 11.1. The Morgan fingerprint density at radius 2 is 1.84 bits per heavy atom. The topological polar surface area (TPSA) is 32.3 Å². The molecule has 2 aromatic carbocycles. The van der Waals surface area contributed by atoms with E-state index in [2.05, 4.69) is 62.7 Å². The molecule has 2 nitrogen and oxygen atoms in total. The summed E-state index contributed by atoms with van der Waals surface area (Å²) in [6.07, 6.45) is 10.3. The van der Waals surface area contributed by atoms with Crippen LogP contribution in [0.2, 0.25) is 0 Å². The molecule has 0 radical (unpaired) electrons. The average Bonchev–Trinajstić information content (AvgIpc) is 2.89. The number of allylic oxidation sites excluding steroid dienone is 1. The zero-order valence-corrected chi connectivity index (χ0v) is 22.6. The first-order valence-electron chi connectivity index (χ1n) is 14.0. The fraction of sp³-hybridized carbons (Fsp3) is 0.471. The number of hydrogen-bond donors (Lipinski definition) is 2. The molecule has 0 heterocycles. The number of nitrogens with one attached hydrogen (secondary N) is 1. The molecule has 2 aliphatic rings. The van der Waals surface area contributed by atoms with Gasteiger partial charge in [0.25, 0.3) is 0 Å². The summed E-state index contributed by atoms with van der Waals surface area (Å²) >= 11 is 0. The first-order chi connectivity index (χ1) is 17.9. The predicted octanol–water partition coefficient (Wildman–Crippen LogP) is 7.38. The molecule has 37 heavy (non-hydrogen) atoms. The lowest BCUT2D eigenvalue weighted by atomic mass is 9.47. The molecule has 196 valence electrons. The van der Waals surface area contributed by atoms with Gasteiger partial charge in [-0.3, -0.25) is 0 Å². The zero-order chi connectivity index (χ0) is 26.4. The van der Waals surface area contributed by atoms with Crippen molar-refractivity contribution in [3.8, 4) is 11.8 Å². The van der Waals surface area contributed by atoms with E-state index >= 15 is 0 Å². The molecule has 3 heteroatoms. The van der Waals surface area contributed by atoms with E-state index in [4.69, 9.17) is 0 Å². The Labute approximate surface area is 223 Å². The van der Waals surface area contributed by atoms with Crippen LogP contribution in [-0.2, 0) is 0 Å². The van der Waals surface area contributed by atoms with E-state index in [1.54, 1.807) is 6.07 Å². The Balaban J connectivity index is 1.73. The molecule has 6 atom stereocenters. The third-order valence-corrected chi connectivity index (χ3v) is 8.92. The fourth-order valence-corrected chi connectivity index (χ4v) is 7.07. The summed E-state index contributed by atoms with van der Waals surface area (Å²) in [6, 6.07) is 15.0. The lowest BCUT2D eigenvalue weighted by Crippen LogP contribution is -2.60. The third kappa shape index (κ3) is 5.77. The van der Waals surface area contributed by atoms with Gasteiger partial charge in [0, 0.05) is 22.6 Å². The molecule has 4 rings (SSSR count). The van der Waals surface area contributed by atoms with Crippen LogP contribution in [0.5, 0.6) is 0 Å². The molecular weight excluding hydrogens is 457 g/mol. The van der Waals surface area contributed by atoms with Crippen molar-refractivity contribution in [1.82, 2.24) is 5.32 Å². The second kappa shape index (κ2) is 12.2. The maximum atomic E-state index is 13.6. The number of benzene rings is 2. The van der Waals surface area contributed by atoms with Crippen LogP contribution < -0.4 is 5.32 Å². The van der Waals surface area contributed by atoms with Gasteiger partial charge < -0.3 is 10.4 Å². The van der Waals surface area contributed by atoms with Crippen molar-refractivity contribution in [3.63, 3.8) is 0 Å². The summed E-state index contributed by atoms with van der Waals surface area (Å²) in [5, 5.41) is 15.4. The summed E-state index contributed by atoms with van der Waals surface area (Å²) in [5.74, 6) is 7.13. The molecular formula is C34H42FNO. The molecule has 3 unspecified atom stereocenters.